The van der Waals surface area contributed by atoms with E-state index in [1.54, 1.807) is 42.7 Å². The van der Waals surface area contributed by atoms with Gasteiger partial charge in [0.2, 0.25) is 0 Å². The fourth-order valence-corrected chi connectivity index (χ4v) is 4.73. The van der Waals surface area contributed by atoms with Crippen LogP contribution in [0.4, 0.5) is 0 Å². The van der Waals surface area contributed by atoms with E-state index in [9.17, 15) is 14.4 Å². The predicted molar refractivity (Wildman–Crippen MR) is 117 cm³/mol. The van der Waals surface area contributed by atoms with E-state index in [1.807, 2.05) is 0 Å². The Morgan fingerprint density at radius 2 is 1.56 bits per heavy atom. The van der Waals surface area contributed by atoms with Crippen LogP contribution in [0.15, 0.2) is 59.4 Å². The molecule has 0 aliphatic carbocycles. The first kappa shape index (κ1) is 21.2. The van der Waals surface area contributed by atoms with Gasteiger partial charge in [-0.25, -0.2) is 9.59 Å². The molecule has 4 heterocycles. The number of thiazole rings is 1. The number of carbonyl (C=O) groups is 2. The molecule has 1 aliphatic rings. The summed E-state index contributed by atoms with van der Waals surface area (Å²) in [6.45, 7) is 0. The Morgan fingerprint density at radius 3 is 2.16 bits per heavy atom. The Balaban J connectivity index is 2.14. The molecule has 0 radical (unpaired) electrons. The number of nitrogens with two attached hydrogens (primary N) is 1. The summed E-state index contributed by atoms with van der Waals surface area (Å²) < 4.78 is 11.8. The van der Waals surface area contributed by atoms with E-state index in [0.717, 1.165) is 21.5 Å². The largest absolute Gasteiger partial charge is 0.466 e. The molecule has 0 bridgehead atoms. The first-order valence-corrected chi connectivity index (χ1v) is 10.2. The molecular weight excluding hydrogens is 432 g/mol. The van der Waals surface area contributed by atoms with Crippen molar-refractivity contribution in [3.8, 4) is 0 Å². The van der Waals surface area contributed by atoms with Gasteiger partial charge in [-0.1, -0.05) is 0 Å². The maximum Gasteiger partial charge on any atom is 0.338 e. The molecule has 0 saturated carbocycles. The van der Waals surface area contributed by atoms with Gasteiger partial charge >= 0.3 is 11.9 Å². The number of nitrogens with zero attached hydrogens (tertiary/aromatic N) is 3. The monoisotopic (exact) mass is 450 g/mol. The fraction of sp³-hybridized carbons (Fsp3) is 0.136. The number of methoxy groups -OCH3 is 2. The predicted octanol–water partition coefficient (Wildman–Crippen LogP) is -0.0500. The molecule has 2 N–H and O–H groups in total. The molecular formula is C22H18N4O5S. The van der Waals surface area contributed by atoms with E-state index in [0.29, 0.717) is 10.1 Å². The fourth-order valence-electron chi connectivity index (χ4n) is 3.57. The Hall–Kier alpha value is -4.05. The van der Waals surface area contributed by atoms with E-state index >= 15 is 0 Å². The van der Waals surface area contributed by atoms with Gasteiger partial charge in [0.05, 0.1) is 35.8 Å². The molecule has 0 spiro atoms. The SMILES string of the molecule is COC(=O)C1=C(N)n2c(s/c(=C\c3ccncc3)c2=O)=C(C(=O)OC)[C@H]1c1ccncc1. The molecule has 3 aromatic heterocycles. The van der Waals surface area contributed by atoms with E-state index in [1.165, 1.54) is 26.6 Å². The van der Waals surface area contributed by atoms with Crippen LogP contribution < -0.4 is 20.5 Å². The molecule has 1 aliphatic heterocycles. The van der Waals surface area contributed by atoms with Crippen LogP contribution in [0.25, 0.3) is 17.5 Å². The summed E-state index contributed by atoms with van der Waals surface area (Å²) in [5.41, 5.74) is 7.30. The second-order valence-electron chi connectivity index (χ2n) is 6.75. The molecule has 0 aromatic carbocycles. The third-order valence-corrected chi connectivity index (χ3v) is 6.11. The molecule has 3 aromatic rings. The van der Waals surface area contributed by atoms with E-state index < -0.39 is 23.4 Å². The van der Waals surface area contributed by atoms with E-state index in [2.05, 4.69) is 9.97 Å². The first-order valence-electron chi connectivity index (χ1n) is 9.42. The number of ether oxygens (including phenoxy) is 2. The molecule has 1 atom stereocenters. The second kappa shape index (κ2) is 8.60. The summed E-state index contributed by atoms with van der Waals surface area (Å²) in [6.07, 6.45) is 7.95. The highest BCUT2D eigenvalue weighted by Gasteiger charge is 2.39. The van der Waals surface area contributed by atoms with Gasteiger partial charge in [-0.2, -0.15) is 0 Å². The summed E-state index contributed by atoms with van der Waals surface area (Å²) in [6, 6.07) is 6.81. The van der Waals surface area contributed by atoms with E-state index in [4.69, 9.17) is 15.2 Å². The number of fused-ring (bicyclic) bond motifs is 1. The first-order chi connectivity index (χ1) is 15.5. The van der Waals surface area contributed by atoms with Gasteiger partial charge < -0.3 is 15.2 Å². The van der Waals surface area contributed by atoms with Crippen LogP contribution in [-0.4, -0.2) is 40.7 Å². The Morgan fingerprint density at radius 1 is 1.00 bits per heavy atom. The number of rotatable bonds is 4. The molecule has 0 fully saturated rings. The topological polar surface area (TPSA) is 126 Å². The lowest BCUT2D eigenvalue weighted by molar-refractivity contribution is -0.136. The van der Waals surface area contributed by atoms with Crippen LogP contribution in [0.3, 0.4) is 0 Å². The van der Waals surface area contributed by atoms with Crippen molar-refractivity contribution in [1.29, 1.82) is 0 Å². The number of esters is 2. The zero-order valence-corrected chi connectivity index (χ0v) is 18.0. The lowest BCUT2D eigenvalue weighted by atomic mass is 9.83. The maximum absolute atomic E-state index is 13.3. The lowest BCUT2D eigenvalue weighted by Gasteiger charge is -2.26. The van der Waals surface area contributed by atoms with Crippen LogP contribution in [0.2, 0.25) is 0 Å². The highest BCUT2D eigenvalue weighted by molar-refractivity contribution is 7.07. The average Bonchev–Trinajstić information content (AvgIpc) is 3.15. The number of aromatic nitrogens is 3. The van der Waals surface area contributed by atoms with Crippen molar-refractivity contribution in [2.75, 3.05) is 14.2 Å². The third kappa shape index (κ3) is 3.50. The van der Waals surface area contributed by atoms with Crippen molar-refractivity contribution < 1.29 is 19.1 Å². The number of hydrogen-bond acceptors (Lipinski definition) is 9. The van der Waals surface area contributed by atoms with Crippen LogP contribution in [0, 0.1) is 0 Å². The van der Waals surface area contributed by atoms with Crippen molar-refractivity contribution in [3.63, 3.8) is 0 Å². The molecule has 162 valence electrons. The average molecular weight is 450 g/mol. The summed E-state index contributed by atoms with van der Waals surface area (Å²) in [4.78, 5) is 46.9. The summed E-state index contributed by atoms with van der Waals surface area (Å²) in [5, 5.41) is 0. The zero-order chi connectivity index (χ0) is 22.8. The van der Waals surface area contributed by atoms with Gasteiger partial charge in [0, 0.05) is 24.8 Å². The van der Waals surface area contributed by atoms with Gasteiger partial charge in [0.25, 0.3) is 5.56 Å². The minimum atomic E-state index is -0.898. The van der Waals surface area contributed by atoms with Crippen molar-refractivity contribution in [3.05, 3.63) is 85.3 Å². The number of hydrogen-bond donors (Lipinski definition) is 1. The van der Waals surface area contributed by atoms with Gasteiger partial charge in [-0.15, -0.1) is 11.3 Å². The van der Waals surface area contributed by atoms with Gasteiger partial charge in [-0.05, 0) is 41.5 Å². The highest BCUT2D eigenvalue weighted by atomic mass is 32.1. The smallest absolute Gasteiger partial charge is 0.338 e. The number of carbonyl (C=O) groups excluding carboxylic acids is 2. The minimum absolute atomic E-state index is 0.0260. The Labute approximate surface area is 185 Å². The van der Waals surface area contributed by atoms with Crippen molar-refractivity contribution in [2.45, 2.75) is 5.92 Å². The molecule has 0 saturated heterocycles. The molecule has 32 heavy (non-hydrogen) atoms. The van der Waals surface area contributed by atoms with Crippen LogP contribution in [-0.2, 0) is 19.1 Å². The Kier molecular flexibility index (Phi) is 5.69. The van der Waals surface area contributed by atoms with Gasteiger partial charge in [0.15, 0.2) is 0 Å². The third-order valence-electron chi connectivity index (χ3n) is 5.00. The van der Waals surface area contributed by atoms with Crippen LogP contribution in [0.1, 0.15) is 17.0 Å². The van der Waals surface area contributed by atoms with E-state index in [-0.39, 0.29) is 21.6 Å². The molecule has 4 rings (SSSR count). The minimum Gasteiger partial charge on any atom is -0.466 e. The highest BCUT2D eigenvalue weighted by Crippen LogP contribution is 2.37. The normalized spacial score (nSPS) is 16.0. The standard InChI is InChI=1S/C22H18N4O5S/c1-30-21(28)16-15(13-5-9-25-10-6-13)17(22(29)31-2)20-26(18(16)23)19(27)14(32-20)11-12-3-7-24-8-4-12/h3-11,15H,23H2,1-2H3/b14-11-/t15-/m0/s1. The summed E-state index contributed by atoms with van der Waals surface area (Å²) in [7, 11) is 2.44. The Bertz CT molecular complexity index is 1410. The maximum atomic E-state index is 13.3. The molecule has 10 heteroatoms. The summed E-state index contributed by atoms with van der Waals surface area (Å²) in [5.74, 6) is -2.44. The van der Waals surface area contributed by atoms with Crippen molar-refractivity contribution >= 4 is 40.7 Å². The quantitative estimate of drug-likeness (QED) is 0.549. The zero-order valence-electron chi connectivity index (χ0n) is 17.1. The molecule has 0 unspecified atom stereocenters. The second-order valence-corrected chi connectivity index (χ2v) is 7.78. The summed E-state index contributed by atoms with van der Waals surface area (Å²) >= 11 is 1.09. The van der Waals surface area contributed by atoms with Crippen molar-refractivity contribution in [2.24, 2.45) is 5.73 Å². The van der Waals surface area contributed by atoms with Crippen LogP contribution >= 0.6 is 11.3 Å². The van der Waals surface area contributed by atoms with Crippen molar-refractivity contribution in [1.82, 2.24) is 14.5 Å². The molecule has 9 nitrogen and oxygen atoms in total. The van der Waals surface area contributed by atoms with Gasteiger partial charge in [-0.3, -0.25) is 19.3 Å². The number of pyridine rings is 2. The lowest BCUT2D eigenvalue weighted by Crippen LogP contribution is -2.41. The molecule has 0 amide bonds. The van der Waals surface area contributed by atoms with Crippen LogP contribution in [0.5, 0.6) is 0 Å². The van der Waals surface area contributed by atoms with Gasteiger partial charge in [0.1, 0.15) is 10.5 Å².